The van der Waals surface area contributed by atoms with Crippen molar-refractivity contribution in [1.29, 1.82) is 0 Å². The van der Waals surface area contributed by atoms with Crippen molar-refractivity contribution in [3.05, 3.63) is 29.8 Å². The first-order valence-corrected chi connectivity index (χ1v) is 3.92. The summed E-state index contributed by atoms with van der Waals surface area (Å²) in [7, 11) is 1.62. The smallest absolute Gasteiger partial charge is 0.192 e. The monoisotopic (exact) mass is 174 g/mol. The van der Waals surface area contributed by atoms with Crippen molar-refractivity contribution in [1.82, 2.24) is 0 Å². The van der Waals surface area contributed by atoms with Crippen LogP contribution in [0.15, 0.2) is 24.3 Å². The molecule has 2 heteroatoms. The lowest BCUT2D eigenvalue weighted by atomic mass is 10.1. The second-order valence-corrected chi connectivity index (χ2v) is 2.47. The molecule has 2 nitrogen and oxygen atoms in total. The number of carbonyl (C=O) groups is 1. The van der Waals surface area contributed by atoms with Crippen LogP contribution in [0.25, 0.3) is 0 Å². The molecule has 0 atom stereocenters. The van der Waals surface area contributed by atoms with Gasteiger partial charge in [-0.15, -0.1) is 0 Å². The second kappa shape index (κ2) is 5.00. The molecule has 13 heavy (non-hydrogen) atoms. The number of carbonyl (C=O) groups excluding carboxylic acids is 1. The van der Waals surface area contributed by atoms with Crippen LogP contribution >= 0.6 is 0 Å². The standard InChI is InChI=1S/C11H10O2/c1-13-11-7-4-6-10(9-11)5-2-3-8-12/h4,6-9H,5H2,1H3. The van der Waals surface area contributed by atoms with Gasteiger partial charge in [0.1, 0.15) is 5.75 Å². The molecule has 1 aromatic rings. The topological polar surface area (TPSA) is 26.3 Å². The Morgan fingerprint density at radius 2 is 2.38 bits per heavy atom. The molecule has 0 heterocycles. The van der Waals surface area contributed by atoms with Gasteiger partial charge >= 0.3 is 0 Å². The van der Waals surface area contributed by atoms with Gasteiger partial charge in [0, 0.05) is 6.42 Å². The maximum Gasteiger partial charge on any atom is 0.192 e. The third-order valence-electron chi connectivity index (χ3n) is 1.59. The third kappa shape index (κ3) is 3.00. The third-order valence-corrected chi connectivity index (χ3v) is 1.59. The first-order valence-electron chi connectivity index (χ1n) is 3.92. The van der Waals surface area contributed by atoms with E-state index in [1.165, 1.54) is 0 Å². The van der Waals surface area contributed by atoms with E-state index in [1.807, 2.05) is 24.3 Å². The lowest BCUT2D eigenvalue weighted by Gasteiger charge is -2.00. The average Bonchev–Trinajstić information content (AvgIpc) is 2.19. The van der Waals surface area contributed by atoms with Crippen LogP contribution in [0.5, 0.6) is 5.75 Å². The molecule has 0 aliphatic heterocycles. The van der Waals surface area contributed by atoms with E-state index < -0.39 is 0 Å². The summed E-state index contributed by atoms with van der Waals surface area (Å²) < 4.78 is 5.04. The molecular formula is C11H10O2. The van der Waals surface area contributed by atoms with Crippen LogP contribution in [0.1, 0.15) is 5.56 Å². The zero-order valence-corrected chi connectivity index (χ0v) is 7.41. The Hall–Kier alpha value is -1.75. The Morgan fingerprint density at radius 3 is 3.08 bits per heavy atom. The summed E-state index contributed by atoms with van der Waals surface area (Å²) in [4.78, 5) is 9.92. The van der Waals surface area contributed by atoms with E-state index in [0.717, 1.165) is 11.3 Å². The molecule has 0 radical (unpaired) electrons. The summed E-state index contributed by atoms with van der Waals surface area (Å²) in [5.41, 5.74) is 1.05. The Morgan fingerprint density at radius 1 is 1.54 bits per heavy atom. The fraction of sp³-hybridized carbons (Fsp3) is 0.182. The van der Waals surface area contributed by atoms with Crippen LogP contribution in [0.3, 0.4) is 0 Å². The van der Waals surface area contributed by atoms with Gasteiger partial charge in [0.05, 0.1) is 7.11 Å². The number of benzene rings is 1. The highest BCUT2D eigenvalue weighted by Crippen LogP contribution is 2.12. The zero-order valence-electron chi connectivity index (χ0n) is 7.41. The van der Waals surface area contributed by atoms with Crippen LogP contribution in [-0.2, 0) is 11.2 Å². The lowest BCUT2D eigenvalue weighted by Crippen LogP contribution is -1.85. The summed E-state index contributed by atoms with van der Waals surface area (Å²) in [6, 6.07) is 7.62. The van der Waals surface area contributed by atoms with Gasteiger partial charge in [-0.3, -0.25) is 4.79 Å². The number of hydrogen-bond donors (Lipinski definition) is 0. The van der Waals surface area contributed by atoms with E-state index in [2.05, 4.69) is 11.8 Å². The van der Waals surface area contributed by atoms with Crippen molar-refractivity contribution in [3.63, 3.8) is 0 Å². The molecule has 1 aromatic carbocycles. The van der Waals surface area contributed by atoms with Crippen LogP contribution in [0.4, 0.5) is 0 Å². The first-order chi connectivity index (χ1) is 6.36. The Balaban J connectivity index is 2.71. The largest absolute Gasteiger partial charge is 0.497 e. The number of methoxy groups -OCH3 is 1. The quantitative estimate of drug-likeness (QED) is 0.501. The summed E-state index contributed by atoms with van der Waals surface area (Å²) in [5, 5.41) is 0. The Labute approximate surface area is 77.5 Å². The summed E-state index contributed by atoms with van der Waals surface area (Å²) in [6.07, 6.45) is 1.18. The van der Waals surface area contributed by atoms with Crippen LogP contribution in [-0.4, -0.2) is 13.4 Å². The van der Waals surface area contributed by atoms with Crippen molar-refractivity contribution >= 4 is 6.29 Å². The minimum atomic E-state index is 0.579. The van der Waals surface area contributed by atoms with Crippen molar-refractivity contribution < 1.29 is 9.53 Å². The van der Waals surface area contributed by atoms with Crippen LogP contribution < -0.4 is 4.74 Å². The summed E-state index contributed by atoms with van der Waals surface area (Å²) in [5.74, 6) is 5.90. The van der Waals surface area contributed by atoms with Gasteiger partial charge in [-0.2, -0.15) is 0 Å². The molecule has 0 aliphatic rings. The fourth-order valence-electron chi connectivity index (χ4n) is 0.977. The van der Waals surface area contributed by atoms with Gasteiger partial charge in [-0.25, -0.2) is 0 Å². The van der Waals surface area contributed by atoms with E-state index in [-0.39, 0.29) is 0 Å². The maximum atomic E-state index is 9.92. The van der Waals surface area contributed by atoms with Crippen LogP contribution in [0, 0.1) is 11.8 Å². The van der Waals surface area contributed by atoms with E-state index in [1.54, 1.807) is 7.11 Å². The molecule has 0 aliphatic carbocycles. The van der Waals surface area contributed by atoms with Gasteiger partial charge < -0.3 is 4.74 Å². The summed E-state index contributed by atoms with van der Waals surface area (Å²) in [6.45, 7) is 0. The SMILES string of the molecule is COc1cccc(CC#CC=O)c1. The number of rotatable bonds is 2. The van der Waals surface area contributed by atoms with E-state index in [9.17, 15) is 4.79 Å². The molecule has 0 saturated heterocycles. The van der Waals surface area contributed by atoms with Gasteiger partial charge in [-0.05, 0) is 23.6 Å². The highest BCUT2D eigenvalue weighted by Gasteiger charge is 1.92. The molecule has 0 aromatic heterocycles. The Bertz CT molecular complexity index is 345. The van der Waals surface area contributed by atoms with Crippen molar-refractivity contribution in [2.24, 2.45) is 0 Å². The van der Waals surface area contributed by atoms with Gasteiger partial charge in [0.25, 0.3) is 0 Å². The lowest BCUT2D eigenvalue weighted by molar-refractivity contribution is -0.103. The number of hydrogen-bond acceptors (Lipinski definition) is 2. The van der Waals surface area contributed by atoms with E-state index in [4.69, 9.17) is 4.74 Å². The van der Waals surface area contributed by atoms with Crippen molar-refractivity contribution in [2.75, 3.05) is 7.11 Å². The molecule has 0 saturated carbocycles. The second-order valence-electron chi connectivity index (χ2n) is 2.47. The predicted molar refractivity (Wildman–Crippen MR) is 50.5 cm³/mol. The molecule has 0 N–H and O–H groups in total. The molecule has 0 unspecified atom stereocenters. The van der Waals surface area contributed by atoms with E-state index >= 15 is 0 Å². The van der Waals surface area contributed by atoms with Crippen molar-refractivity contribution in [3.8, 4) is 17.6 Å². The first kappa shape index (κ1) is 9.34. The van der Waals surface area contributed by atoms with Gasteiger partial charge in [0.2, 0.25) is 0 Å². The Kier molecular flexibility index (Phi) is 3.59. The molecular weight excluding hydrogens is 164 g/mol. The highest BCUT2D eigenvalue weighted by molar-refractivity contribution is 5.72. The summed E-state index contributed by atoms with van der Waals surface area (Å²) >= 11 is 0. The zero-order chi connectivity index (χ0) is 9.52. The predicted octanol–water partition coefficient (Wildman–Crippen LogP) is 1.44. The number of aldehydes is 1. The van der Waals surface area contributed by atoms with Crippen molar-refractivity contribution in [2.45, 2.75) is 6.42 Å². The average molecular weight is 174 g/mol. The molecule has 1 rings (SSSR count). The molecule has 66 valence electrons. The minimum absolute atomic E-state index is 0.579. The minimum Gasteiger partial charge on any atom is -0.497 e. The molecule has 0 amide bonds. The molecule has 0 fully saturated rings. The normalized spacial score (nSPS) is 8.38. The van der Waals surface area contributed by atoms with Gasteiger partial charge in [-0.1, -0.05) is 18.1 Å². The van der Waals surface area contributed by atoms with E-state index in [0.29, 0.717) is 12.7 Å². The van der Waals surface area contributed by atoms with Gasteiger partial charge in [0.15, 0.2) is 6.29 Å². The molecule has 0 spiro atoms. The number of ether oxygens (including phenoxy) is 1. The maximum absolute atomic E-state index is 9.92. The van der Waals surface area contributed by atoms with Crippen LogP contribution in [0.2, 0.25) is 0 Å². The highest BCUT2D eigenvalue weighted by atomic mass is 16.5. The molecule has 0 bridgehead atoms. The fourth-order valence-corrected chi connectivity index (χ4v) is 0.977.